The van der Waals surface area contributed by atoms with Crippen molar-refractivity contribution in [2.75, 3.05) is 20.1 Å². The zero-order valence-electron chi connectivity index (χ0n) is 11.5. The van der Waals surface area contributed by atoms with Gasteiger partial charge in [0.2, 0.25) is 0 Å². The van der Waals surface area contributed by atoms with E-state index in [1.165, 1.54) is 0 Å². The summed E-state index contributed by atoms with van der Waals surface area (Å²) in [4.78, 5) is 13.4. The summed E-state index contributed by atoms with van der Waals surface area (Å²) in [6.07, 6.45) is 0.811. The normalized spacial score (nSPS) is 20.1. The standard InChI is InChI=1S/C10H20N2O2.C2H6/c1-10(2,3)14-9(13)12-6-5-8(7-12)11-4;1-2/h8,11H,5-7H2,1-4H3;1-2H3. The van der Waals surface area contributed by atoms with Gasteiger partial charge in [-0.05, 0) is 34.2 Å². The summed E-state index contributed by atoms with van der Waals surface area (Å²) < 4.78 is 5.27. The van der Waals surface area contributed by atoms with Crippen LogP contribution in [0.1, 0.15) is 41.0 Å². The van der Waals surface area contributed by atoms with Crippen molar-refractivity contribution >= 4 is 6.09 Å². The predicted octanol–water partition coefficient (Wildman–Crippen LogP) is 2.24. The number of hydrogen-bond acceptors (Lipinski definition) is 3. The first kappa shape index (κ1) is 15.2. The molecule has 4 nitrogen and oxygen atoms in total. The number of rotatable bonds is 1. The molecule has 1 amide bonds. The fraction of sp³-hybridized carbons (Fsp3) is 0.917. The lowest BCUT2D eigenvalue weighted by molar-refractivity contribution is 0.0291. The second-order valence-corrected chi connectivity index (χ2v) is 4.70. The molecule has 1 unspecified atom stereocenters. The number of likely N-dealkylation sites (N-methyl/N-ethyl adjacent to an activating group) is 1. The molecule has 1 aliphatic rings. The molecule has 1 fully saturated rings. The number of amides is 1. The summed E-state index contributed by atoms with van der Waals surface area (Å²) in [7, 11) is 1.92. The smallest absolute Gasteiger partial charge is 0.410 e. The topological polar surface area (TPSA) is 41.6 Å². The number of nitrogens with zero attached hydrogens (tertiary/aromatic N) is 1. The van der Waals surface area contributed by atoms with Crippen molar-refractivity contribution in [1.29, 1.82) is 0 Å². The minimum Gasteiger partial charge on any atom is -0.444 e. The van der Waals surface area contributed by atoms with Gasteiger partial charge in [0, 0.05) is 19.1 Å². The molecule has 0 saturated carbocycles. The van der Waals surface area contributed by atoms with E-state index < -0.39 is 5.60 Å². The first-order chi connectivity index (χ1) is 7.42. The molecule has 1 rings (SSSR count). The van der Waals surface area contributed by atoms with Crippen molar-refractivity contribution in [3.8, 4) is 0 Å². The molecule has 1 aliphatic heterocycles. The molecule has 0 bridgehead atoms. The highest BCUT2D eigenvalue weighted by atomic mass is 16.6. The Hall–Kier alpha value is -0.770. The zero-order valence-corrected chi connectivity index (χ0v) is 11.5. The van der Waals surface area contributed by atoms with Gasteiger partial charge in [-0.1, -0.05) is 13.8 Å². The first-order valence-electron chi connectivity index (χ1n) is 6.07. The highest BCUT2D eigenvalue weighted by molar-refractivity contribution is 5.68. The molecule has 0 aromatic carbocycles. The second kappa shape index (κ2) is 6.74. The van der Waals surface area contributed by atoms with E-state index in [4.69, 9.17) is 4.74 Å². The van der Waals surface area contributed by atoms with E-state index in [0.717, 1.165) is 19.5 Å². The van der Waals surface area contributed by atoms with Gasteiger partial charge in [0.25, 0.3) is 0 Å². The maximum absolute atomic E-state index is 11.6. The molecule has 4 heteroatoms. The van der Waals surface area contributed by atoms with Crippen molar-refractivity contribution in [2.45, 2.75) is 52.7 Å². The fourth-order valence-corrected chi connectivity index (χ4v) is 1.49. The fourth-order valence-electron chi connectivity index (χ4n) is 1.49. The minimum absolute atomic E-state index is 0.199. The average molecular weight is 230 g/mol. The molecule has 0 spiro atoms. The van der Waals surface area contributed by atoms with Crippen LogP contribution < -0.4 is 5.32 Å². The summed E-state index contributed by atoms with van der Waals surface area (Å²) in [5.74, 6) is 0. The molecule has 0 radical (unpaired) electrons. The Labute approximate surface area is 99.3 Å². The summed E-state index contributed by atoms with van der Waals surface area (Å²) in [6, 6.07) is 0.419. The van der Waals surface area contributed by atoms with Crippen LogP contribution in [-0.4, -0.2) is 42.8 Å². The van der Waals surface area contributed by atoms with E-state index in [2.05, 4.69) is 5.32 Å². The van der Waals surface area contributed by atoms with Crippen LogP contribution in [0.25, 0.3) is 0 Å². The van der Waals surface area contributed by atoms with Crippen LogP contribution in [0, 0.1) is 0 Å². The van der Waals surface area contributed by atoms with Crippen LogP contribution >= 0.6 is 0 Å². The maximum Gasteiger partial charge on any atom is 0.410 e. The third-order valence-corrected chi connectivity index (χ3v) is 2.25. The van der Waals surface area contributed by atoms with Gasteiger partial charge in [-0.3, -0.25) is 0 Å². The molecule has 0 aliphatic carbocycles. The molecular weight excluding hydrogens is 204 g/mol. The monoisotopic (exact) mass is 230 g/mol. The third kappa shape index (κ3) is 5.35. The van der Waals surface area contributed by atoms with Gasteiger partial charge in [0.15, 0.2) is 0 Å². The van der Waals surface area contributed by atoms with Gasteiger partial charge in [0.05, 0.1) is 0 Å². The Morgan fingerprint density at radius 1 is 1.38 bits per heavy atom. The van der Waals surface area contributed by atoms with Gasteiger partial charge >= 0.3 is 6.09 Å². The van der Waals surface area contributed by atoms with Crippen LogP contribution in [-0.2, 0) is 4.74 Å². The van der Waals surface area contributed by atoms with Crippen molar-refractivity contribution in [1.82, 2.24) is 10.2 Å². The van der Waals surface area contributed by atoms with E-state index in [0.29, 0.717) is 6.04 Å². The van der Waals surface area contributed by atoms with Crippen molar-refractivity contribution in [2.24, 2.45) is 0 Å². The number of carbonyl (C=O) groups is 1. The van der Waals surface area contributed by atoms with Crippen LogP contribution in [0.15, 0.2) is 0 Å². The van der Waals surface area contributed by atoms with Crippen LogP contribution in [0.3, 0.4) is 0 Å². The molecule has 0 aromatic rings. The van der Waals surface area contributed by atoms with Gasteiger partial charge in [-0.25, -0.2) is 4.79 Å². The van der Waals surface area contributed by atoms with Gasteiger partial charge in [-0.2, -0.15) is 0 Å². The lowest BCUT2D eigenvalue weighted by atomic mass is 10.2. The molecule has 1 N–H and O–H groups in total. The van der Waals surface area contributed by atoms with Crippen molar-refractivity contribution < 1.29 is 9.53 Å². The summed E-state index contributed by atoms with van der Waals surface area (Å²) >= 11 is 0. The predicted molar refractivity (Wildman–Crippen MR) is 66.6 cm³/mol. The highest BCUT2D eigenvalue weighted by Gasteiger charge is 2.28. The van der Waals surface area contributed by atoms with E-state index in [-0.39, 0.29) is 6.09 Å². The largest absolute Gasteiger partial charge is 0.444 e. The quantitative estimate of drug-likeness (QED) is 0.751. The Morgan fingerprint density at radius 2 is 1.94 bits per heavy atom. The summed E-state index contributed by atoms with van der Waals surface area (Å²) in [5, 5.41) is 3.16. The summed E-state index contributed by atoms with van der Waals surface area (Å²) in [5.41, 5.74) is -0.394. The molecular formula is C12H26N2O2. The maximum atomic E-state index is 11.6. The third-order valence-electron chi connectivity index (χ3n) is 2.25. The number of carbonyl (C=O) groups excluding carboxylic acids is 1. The Morgan fingerprint density at radius 3 is 2.31 bits per heavy atom. The highest BCUT2D eigenvalue weighted by Crippen LogP contribution is 2.14. The van der Waals surface area contributed by atoms with E-state index in [1.54, 1.807) is 4.90 Å². The number of nitrogens with one attached hydrogen (secondary N) is 1. The van der Waals surface area contributed by atoms with Gasteiger partial charge < -0.3 is 15.0 Å². The van der Waals surface area contributed by atoms with Crippen LogP contribution in [0.5, 0.6) is 0 Å². The first-order valence-corrected chi connectivity index (χ1v) is 6.07. The number of ether oxygens (including phenoxy) is 1. The molecule has 16 heavy (non-hydrogen) atoms. The van der Waals surface area contributed by atoms with E-state index >= 15 is 0 Å². The lowest BCUT2D eigenvalue weighted by Crippen LogP contribution is -2.37. The van der Waals surface area contributed by atoms with E-state index in [1.807, 2.05) is 41.7 Å². The molecule has 1 heterocycles. The molecule has 0 aromatic heterocycles. The van der Waals surface area contributed by atoms with Crippen LogP contribution in [0.4, 0.5) is 4.79 Å². The minimum atomic E-state index is -0.394. The molecule has 1 saturated heterocycles. The molecule has 1 atom stereocenters. The number of likely N-dealkylation sites (tertiary alicyclic amines) is 1. The van der Waals surface area contributed by atoms with Gasteiger partial charge in [-0.15, -0.1) is 0 Å². The average Bonchev–Trinajstić information content (AvgIpc) is 2.66. The van der Waals surface area contributed by atoms with E-state index in [9.17, 15) is 4.79 Å². The zero-order chi connectivity index (χ0) is 12.8. The second-order valence-electron chi connectivity index (χ2n) is 4.70. The summed E-state index contributed by atoms with van der Waals surface area (Å²) in [6.45, 7) is 11.2. The Balaban J connectivity index is 0.00000106. The Bertz CT molecular complexity index is 212. The lowest BCUT2D eigenvalue weighted by Gasteiger charge is -2.24. The van der Waals surface area contributed by atoms with Gasteiger partial charge in [0.1, 0.15) is 5.60 Å². The van der Waals surface area contributed by atoms with Crippen molar-refractivity contribution in [3.63, 3.8) is 0 Å². The number of hydrogen-bond donors (Lipinski definition) is 1. The van der Waals surface area contributed by atoms with Crippen molar-refractivity contribution in [3.05, 3.63) is 0 Å². The van der Waals surface area contributed by atoms with Crippen LogP contribution in [0.2, 0.25) is 0 Å². The SMILES string of the molecule is CC.CNC1CCN(C(=O)OC(C)(C)C)C1. The molecule has 96 valence electrons. The Kier molecular flexibility index (Phi) is 6.41.